The van der Waals surface area contributed by atoms with Crippen LogP contribution in [0.2, 0.25) is 0 Å². The lowest BCUT2D eigenvalue weighted by molar-refractivity contribution is -0.156. The summed E-state index contributed by atoms with van der Waals surface area (Å²) in [6.07, 6.45) is 1.02. The lowest BCUT2D eigenvalue weighted by Crippen LogP contribution is -2.47. The van der Waals surface area contributed by atoms with Gasteiger partial charge in [-0.1, -0.05) is 37.3 Å². The first-order valence-electron chi connectivity index (χ1n) is 12.3. The maximum Gasteiger partial charge on any atom is 0.326 e. The van der Waals surface area contributed by atoms with E-state index < -0.39 is 23.8 Å². The second-order valence-corrected chi connectivity index (χ2v) is 13.0. The summed E-state index contributed by atoms with van der Waals surface area (Å²) < 4.78 is 5.34. The molecule has 3 fully saturated rings. The van der Waals surface area contributed by atoms with Crippen LogP contribution >= 0.6 is 23.1 Å². The third-order valence-electron chi connectivity index (χ3n) is 8.52. The number of benzene rings is 1. The molecular formula is C26H28N2O6S2. The molecule has 2 N–H and O–H groups in total. The van der Waals surface area contributed by atoms with E-state index in [2.05, 4.69) is 4.98 Å². The van der Waals surface area contributed by atoms with Crippen LogP contribution in [-0.2, 0) is 14.4 Å². The van der Waals surface area contributed by atoms with Crippen molar-refractivity contribution in [2.45, 2.75) is 48.9 Å². The molecule has 2 aliphatic carbocycles. The van der Waals surface area contributed by atoms with Gasteiger partial charge >= 0.3 is 10.8 Å². The number of carbonyl (C=O) groups is 3. The van der Waals surface area contributed by atoms with Crippen LogP contribution in [-0.4, -0.2) is 51.2 Å². The highest BCUT2D eigenvalue weighted by Crippen LogP contribution is 2.68. The lowest BCUT2D eigenvalue weighted by atomic mass is 9.68. The molecule has 8 atom stereocenters. The van der Waals surface area contributed by atoms with Crippen molar-refractivity contribution >= 4 is 40.9 Å². The first-order valence-corrected chi connectivity index (χ1v) is 14.0. The summed E-state index contributed by atoms with van der Waals surface area (Å²) in [6.45, 7) is 3.80. The monoisotopic (exact) mass is 528 g/mol. The molecule has 2 aromatic rings. The number of fused-ring (bicyclic) bond motifs is 9. The number of nitrogens with zero attached hydrogens (tertiary/aromatic N) is 1. The first-order chi connectivity index (χ1) is 17.2. The van der Waals surface area contributed by atoms with Crippen molar-refractivity contribution in [3.63, 3.8) is 0 Å². The largest absolute Gasteiger partial charge is 0.497 e. The number of ether oxygens (including phenoxy) is 1. The van der Waals surface area contributed by atoms with Gasteiger partial charge in [0.05, 0.1) is 24.0 Å². The smallest absolute Gasteiger partial charge is 0.326 e. The van der Waals surface area contributed by atoms with E-state index in [4.69, 9.17) is 4.74 Å². The molecule has 6 rings (SSSR count). The average molecular weight is 529 g/mol. The minimum Gasteiger partial charge on any atom is -0.497 e. The number of carboxylic acid groups (broad SMARTS) is 1. The Morgan fingerprint density at radius 3 is 2.42 bits per heavy atom. The predicted molar refractivity (Wildman–Crippen MR) is 134 cm³/mol. The maximum atomic E-state index is 13.7. The molecule has 10 heteroatoms. The number of hydrogen-bond acceptors (Lipinski definition) is 7. The van der Waals surface area contributed by atoms with Gasteiger partial charge < -0.3 is 14.8 Å². The minimum atomic E-state index is -1.12. The molecule has 8 nitrogen and oxygen atoms in total. The van der Waals surface area contributed by atoms with Gasteiger partial charge in [-0.2, -0.15) is 0 Å². The van der Waals surface area contributed by atoms with Crippen molar-refractivity contribution in [3.8, 4) is 5.75 Å². The molecule has 1 saturated heterocycles. The Labute approximate surface area is 216 Å². The summed E-state index contributed by atoms with van der Waals surface area (Å²) in [4.78, 5) is 56.8. The number of H-pyrrole nitrogens is 1. The summed E-state index contributed by atoms with van der Waals surface area (Å²) in [5, 5.41) is 10.8. The number of likely N-dealkylation sites (tertiary alicyclic amines) is 1. The number of thioether (sulfide) groups is 1. The van der Waals surface area contributed by atoms with Crippen LogP contribution in [0.3, 0.4) is 0 Å². The number of amides is 2. The van der Waals surface area contributed by atoms with E-state index in [-0.39, 0.29) is 57.9 Å². The highest BCUT2D eigenvalue weighted by Gasteiger charge is 2.70. The number of nitrogens with one attached hydrogen (secondary N) is 1. The number of aromatic nitrogens is 1. The maximum absolute atomic E-state index is 13.7. The van der Waals surface area contributed by atoms with Gasteiger partial charge in [0.15, 0.2) is 0 Å². The molecule has 8 unspecified atom stereocenters. The first kappa shape index (κ1) is 23.8. The van der Waals surface area contributed by atoms with Crippen LogP contribution in [0.1, 0.15) is 43.0 Å². The molecule has 4 aliphatic rings. The van der Waals surface area contributed by atoms with Gasteiger partial charge in [0.2, 0.25) is 11.8 Å². The highest BCUT2D eigenvalue weighted by molar-refractivity contribution is 8.00. The fraction of sp³-hybridized carbons (Fsp3) is 0.538. The Morgan fingerprint density at radius 2 is 1.81 bits per heavy atom. The van der Waals surface area contributed by atoms with E-state index in [9.17, 15) is 24.3 Å². The number of rotatable bonds is 6. The fourth-order valence-corrected chi connectivity index (χ4v) is 10.2. The summed E-state index contributed by atoms with van der Waals surface area (Å²) in [7, 11) is 1.62. The van der Waals surface area contributed by atoms with E-state index >= 15 is 0 Å². The van der Waals surface area contributed by atoms with Gasteiger partial charge in [0, 0.05) is 16.0 Å². The molecule has 0 spiro atoms. The van der Waals surface area contributed by atoms with E-state index in [0.717, 1.165) is 32.5 Å². The molecule has 2 bridgehead atoms. The Balaban J connectivity index is 1.41. The van der Waals surface area contributed by atoms with Gasteiger partial charge in [0.1, 0.15) is 11.8 Å². The van der Waals surface area contributed by atoms with Crippen LogP contribution in [0.25, 0.3) is 0 Å². The third kappa shape index (κ3) is 3.33. The van der Waals surface area contributed by atoms with E-state index in [0.29, 0.717) is 0 Å². The summed E-state index contributed by atoms with van der Waals surface area (Å²) in [6, 6.07) is 6.73. The van der Waals surface area contributed by atoms with Crippen LogP contribution in [0.5, 0.6) is 5.75 Å². The average Bonchev–Trinajstić information content (AvgIpc) is 3.56. The van der Waals surface area contributed by atoms with Crippen LogP contribution in [0, 0.1) is 35.5 Å². The molecule has 1 aromatic carbocycles. The zero-order chi connectivity index (χ0) is 25.5. The molecule has 2 saturated carbocycles. The minimum absolute atomic E-state index is 0.0257. The normalized spacial score (nSPS) is 33.0. The molecule has 2 aliphatic heterocycles. The van der Waals surface area contributed by atoms with Crippen molar-refractivity contribution in [1.29, 1.82) is 0 Å². The second kappa shape index (κ2) is 8.48. The Bertz CT molecular complexity index is 1300. The zero-order valence-corrected chi connectivity index (χ0v) is 21.8. The number of carboxylic acids is 1. The molecule has 3 heterocycles. The van der Waals surface area contributed by atoms with Gasteiger partial charge in [0.25, 0.3) is 0 Å². The van der Waals surface area contributed by atoms with Crippen molar-refractivity contribution < 1.29 is 24.2 Å². The number of aromatic amines is 1. The van der Waals surface area contributed by atoms with Crippen molar-refractivity contribution in [2.24, 2.45) is 35.5 Å². The number of aliphatic carboxylic acids is 1. The van der Waals surface area contributed by atoms with E-state index in [1.54, 1.807) is 18.9 Å². The number of hydrogen-bond donors (Lipinski definition) is 2. The van der Waals surface area contributed by atoms with Crippen LogP contribution < -0.4 is 9.61 Å². The molecular weight excluding hydrogens is 500 g/mol. The van der Waals surface area contributed by atoms with Crippen molar-refractivity contribution in [1.82, 2.24) is 9.88 Å². The number of carbonyl (C=O) groups excluding carboxylic acids is 2. The predicted octanol–water partition coefficient (Wildman–Crippen LogP) is 3.42. The van der Waals surface area contributed by atoms with Gasteiger partial charge in [-0.25, -0.2) is 4.79 Å². The SMILES string of the molecule is COc1ccc(C2c3sc(=O)[nH]c3SC3C4CC(C5C(=O)N(C(CC(C)C)C(=O)O)C(=O)C45)C23)cc1. The summed E-state index contributed by atoms with van der Waals surface area (Å²) in [5.74, 6) is -2.01. The quantitative estimate of drug-likeness (QED) is 0.552. The molecule has 190 valence electrons. The fourth-order valence-electron chi connectivity index (χ4n) is 7.29. The van der Waals surface area contributed by atoms with Gasteiger partial charge in [-0.15, -0.1) is 11.8 Å². The summed E-state index contributed by atoms with van der Waals surface area (Å²) in [5.41, 5.74) is 1.06. The summed E-state index contributed by atoms with van der Waals surface area (Å²) >= 11 is 2.85. The Morgan fingerprint density at radius 1 is 1.14 bits per heavy atom. The highest BCUT2D eigenvalue weighted by atomic mass is 32.2. The lowest BCUT2D eigenvalue weighted by Gasteiger charge is -2.43. The standard InChI is InChI=1S/C26H28N2O6S2/c1-10(2)8-15(25(31)32)28-23(29)18-13-9-14(19(18)24(28)30)20-17(13)16(11-4-6-12(34-3)7-5-11)21-22(35-20)27-26(33)36-21/h4-7,10,13-20H,8-9H2,1-3H3,(H,27,33)(H,31,32). The number of methoxy groups -OCH3 is 1. The Kier molecular flexibility index (Phi) is 5.60. The molecule has 0 radical (unpaired) electrons. The van der Waals surface area contributed by atoms with Gasteiger partial charge in [-0.3, -0.25) is 19.3 Å². The van der Waals surface area contributed by atoms with E-state index in [1.165, 1.54) is 11.3 Å². The topological polar surface area (TPSA) is 117 Å². The molecule has 2 amide bonds. The van der Waals surface area contributed by atoms with Gasteiger partial charge in [-0.05, 0) is 54.2 Å². The number of thiazole rings is 1. The van der Waals surface area contributed by atoms with Crippen LogP contribution in [0.4, 0.5) is 0 Å². The van der Waals surface area contributed by atoms with Crippen LogP contribution in [0.15, 0.2) is 34.1 Å². The Hall–Kier alpha value is -2.59. The van der Waals surface area contributed by atoms with E-state index in [1.807, 2.05) is 38.1 Å². The third-order valence-corrected chi connectivity index (χ3v) is 11.1. The molecule has 1 aromatic heterocycles. The second-order valence-electron chi connectivity index (χ2n) is 10.8. The van der Waals surface area contributed by atoms with Crippen molar-refractivity contribution in [2.75, 3.05) is 7.11 Å². The molecule has 36 heavy (non-hydrogen) atoms. The van der Waals surface area contributed by atoms with Crippen molar-refractivity contribution in [3.05, 3.63) is 44.4 Å². The number of imide groups is 1. The zero-order valence-electron chi connectivity index (χ0n) is 20.2.